The lowest BCUT2D eigenvalue weighted by Crippen LogP contribution is -2.31. The number of hydrogen-bond donors (Lipinski definition) is 1. The van der Waals surface area contributed by atoms with Gasteiger partial charge in [0.1, 0.15) is 17.1 Å². The lowest BCUT2D eigenvalue weighted by atomic mass is 9.93. The Morgan fingerprint density at radius 1 is 1.17 bits per heavy atom. The van der Waals surface area contributed by atoms with Crippen molar-refractivity contribution in [2.24, 2.45) is 0 Å². The molecule has 0 saturated heterocycles. The summed E-state index contributed by atoms with van der Waals surface area (Å²) < 4.78 is 6.19. The topological polar surface area (TPSA) is 29.5 Å². The van der Waals surface area contributed by atoms with Gasteiger partial charge in [0, 0.05) is 0 Å². The van der Waals surface area contributed by atoms with Gasteiger partial charge < -0.3 is 9.84 Å². The molecule has 1 atom stereocenters. The van der Waals surface area contributed by atoms with E-state index in [4.69, 9.17) is 4.74 Å². The van der Waals surface area contributed by atoms with E-state index in [2.05, 4.69) is 45.9 Å². The Hall–Kier alpha value is -1.96. The molecule has 2 nitrogen and oxygen atoms in total. The van der Waals surface area contributed by atoms with Gasteiger partial charge >= 0.3 is 0 Å². The number of ether oxygens (including phenoxy) is 1. The first-order valence-electron chi connectivity index (χ1n) is 8.80. The van der Waals surface area contributed by atoms with E-state index >= 15 is 0 Å². The predicted molar refractivity (Wildman–Crippen MR) is 103 cm³/mol. The highest BCUT2D eigenvalue weighted by Crippen LogP contribution is 2.38. The van der Waals surface area contributed by atoms with Crippen molar-refractivity contribution in [3.63, 3.8) is 0 Å². The lowest BCUT2D eigenvalue weighted by molar-refractivity contribution is 0.128. The SMILES string of the molecule is CC(C)=CCC/C(C)=C\CCC1(C)C=Cc2c(O)cc(C)cc2O1. The first-order valence-corrected chi connectivity index (χ1v) is 8.80. The van der Waals surface area contributed by atoms with Crippen LogP contribution in [0, 0.1) is 6.92 Å². The number of aryl methyl sites for hydroxylation is 1. The number of benzene rings is 1. The van der Waals surface area contributed by atoms with Crippen molar-refractivity contribution in [3.8, 4) is 11.5 Å². The predicted octanol–water partition coefficient (Wildman–Crippen LogP) is 6.34. The van der Waals surface area contributed by atoms with E-state index in [0.717, 1.165) is 42.6 Å². The summed E-state index contributed by atoms with van der Waals surface area (Å²) in [6.07, 6.45) is 12.8. The van der Waals surface area contributed by atoms with Crippen LogP contribution in [0.2, 0.25) is 0 Å². The second-order valence-electron chi connectivity index (χ2n) is 7.35. The highest BCUT2D eigenvalue weighted by atomic mass is 16.5. The molecule has 0 bridgehead atoms. The van der Waals surface area contributed by atoms with Gasteiger partial charge in [-0.25, -0.2) is 0 Å². The highest BCUT2D eigenvalue weighted by molar-refractivity contribution is 5.67. The number of allylic oxidation sites excluding steroid dienone is 4. The standard InChI is InChI=1S/C22H30O2/c1-16(2)8-6-9-17(3)10-7-12-22(5)13-11-19-20(23)14-18(4)15-21(19)24-22/h8,10-11,13-15,23H,6-7,9,12H2,1-5H3/b17-10-. The van der Waals surface area contributed by atoms with Crippen LogP contribution in [0.5, 0.6) is 11.5 Å². The molecule has 2 heteroatoms. The lowest BCUT2D eigenvalue weighted by Gasteiger charge is -2.32. The first-order chi connectivity index (χ1) is 11.3. The van der Waals surface area contributed by atoms with E-state index in [0.29, 0.717) is 5.75 Å². The second-order valence-corrected chi connectivity index (χ2v) is 7.35. The van der Waals surface area contributed by atoms with Crippen molar-refractivity contribution in [1.29, 1.82) is 0 Å². The van der Waals surface area contributed by atoms with Crippen LogP contribution in [0.4, 0.5) is 0 Å². The number of phenolic OH excluding ortho intramolecular Hbond substituents is 1. The van der Waals surface area contributed by atoms with E-state index in [-0.39, 0.29) is 5.60 Å². The third-order valence-electron chi connectivity index (χ3n) is 4.44. The molecule has 0 radical (unpaired) electrons. The fraction of sp³-hybridized carbons (Fsp3) is 0.455. The average molecular weight is 326 g/mol. The molecule has 0 amide bonds. The van der Waals surface area contributed by atoms with Crippen molar-refractivity contribution in [2.45, 2.75) is 65.9 Å². The van der Waals surface area contributed by atoms with Crippen LogP contribution in [0.15, 0.2) is 41.5 Å². The summed E-state index contributed by atoms with van der Waals surface area (Å²) in [5, 5.41) is 10.0. The summed E-state index contributed by atoms with van der Waals surface area (Å²) in [4.78, 5) is 0. The van der Waals surface area contributed by atoms with Gasteiger partial charge in [-0.3, -0.25) is 0 Å². The van der Waals surface area contributed by atoms with Crippen LogP contribution in [-0.4, -0.2) is 10.7 Å². The monoisotopic (exact) mass is 326 g/mol. The molecule has 2 rings (SSSR count). The van der Waals surface area contributed by atoms with Gasteiger partial charge in [-0.05, 0) is 90.2 Å². The summed E-state index contributed by atoms with van der Waals surface area (Å²) in [5.74, 6) is 1.07. The van der Waals surface area contributed by atoms with E-state index in [1.54, 1.807) is 6.07 Å². The molecule has 0 aliphatic carbocycles. The van der Waals surface area contributed by atoms with Crippen molar-refractivity contribution in [3.05, 3.63) is 52.6 Å². The summed E-state index contributed by atoms with van der Waals surface area (Å²) in [6.45, 7) is 10.6. The van der Waals surface area contributed by atoms with Crippen LogP contribution >= 0.6 is 0 Å². The van der Waals surface area contributed by atoms with Crippen LogP contribution in [0.25, 0.3) is 6.08 Å². The number of aromatic hydroxyl groups is 1. The molecule has 24 heavy (non-hydrogen) atoms. The highest BCUT2D eigenvalue weighted by Gasteiger charge is 2.27. The first kappa shape index (κ1) is 18.4. The fourth-order valence-corrected chi connectivity index (χ4v) is 2.97. The van der Waals surface area contributed by atoms with E-state index < -0.39 is 0 Å². The van der Waals surface area contributed by atoms with Gasteiger partial charge in [0.05, 0.1) is 5.56 Å². The smallest absolute Gasteiger partial charge is 0.131 e. The average Bonchev–Trinajstić information content (AvgIpc) is 2.45. The Labute approximate surface area is 146 Å². The summed E-state index contributed by atoms with van der Waals surface area (Å²) in [6, 6.07) is 3.77. The molecule has 1 aromatic carbocycles. The minimum Gasteiger partial charge on any atom is -0.507 e. The molecular weight excluding hydrogens is 296 g/mol. The van der Waals surface area contributed by atoms with Crippen LogP contribution in [0.3, 0.4) is 0 Å². The minimum absolute atomic E-state index is 0.290. The molecule has 1 aliphatic heterocycles. The maximum absolute atomic E-state index is 10.0. The van der Waals surface area contributed by atoms with Crippen molar-refractivity contribution < 1.29 is 9.84 Å². The van der Waals surface area contributed by atoms with Crippen LogP contribution in [-0.2, 0) is 0 Å². The zero-order valence-corrected chi connectivity index (χ0v) is 15.6. The second kappa shape index (κ2) is 7.74. The summed E-state index contributed by atoms with van der Waals surface area (Å²) in [7, 11) is 0. The summed E-state index contributed by atoms with van der Waals surface area (Å²) >= 11 is 0. The normalized spacial score (nSPS) is 19.6. The molecule has 130 valence electrons. The van der Waals surface area contributed by atoms with Crippen molar-refractivity contribution in [2.75, 3.05) is 0 Å². The largest absolute Gasteiger partial charge is 0.507 e. The van der Waals surface area contributed by atoms with Crippen LogP contribution < -0.4 is 4.74 Å². The Morgan fingerprint density at radius 2 is 1.92 bits per heavy atom. The maximum atomic E-state index is 10.0. The van der Waals surface area contributed by atoms with Gasteiger partial charge in [0.25, 0.3) is 0 Å². The van der Waals surface area contributed by atoms with E-state index in [1.807, 2.05) is 19.1 Å². The molecule has 1 aliphatic rings. The quantitative estimate of drug-likeness (QED) is 0.618. The number of rotatable bonds is 6. The zero-order valence-electron chi connectivity index (χ0n) is 15.6. The third kappa shape index (κ3) is 5.02. The van der Waals surface area contributed by atoms with E-state index in [1.165, 1.54) is 11.1 Å². The van der Waals surface area contributed by atoms with Crippen molar-refractivity contribution >= 4 is 6.08 Å². The van der Waals surface area contributed by atoms with Gasteiger partial charge in [-0.15, -0.1) is 0 Å². The van der Waals surface area contributed by atoms with Crippen molar-refractivity contribution in [1.82, 2.24) is 0 Å². The van der Waals surface area contributed by atoms with Gasteiger partial charge in [-0.2, -0.15) is 0 Å². The molecule has 1 unspecified atom stereocenters. The van der Waals surface area contributed by atoms with E-state index in [9.17, 15) is 5.11 Å². The number of hydrogen-bond acceptors (Lipinski definition) is 2. The molecule has 0 spiro atoms. The number of phenols is 1. The third-order valence-corrected chi connectivity index (χ3v) is 4.44. The molecule has 1 N–H and O–H groups in total. The fourth-order valence-electron chi connectivity index (χ4n) is 2.97. The minimum atomic E-state index is -0.316. The Kier molecular flexibility index (Phi) is 5.93. The Balaban J connectivity index is 1.95. The zero-order chi connectivity index (χ0) is 17.7. The van der Waals surface area contributed by atoms with Gasteiger partial charge in [0.2, 0.25) is 0 Å². The van der Waals surface area contributed by atoms with Gasteiger partial charge in [-0.1, -0.05) is 23.3 Å². The molecule has 0 saturated carbocycles. The van der Waals surface area contributed by atoms with Crippen LogP contribution in [0.1, 0.15) is 64.5 Å². The molecule has 0 fully saturated rings. The Morgan fingerprint density at radius 3 is 2.62 bits per heavy atom. The maximum Gasteiger partial charge on any atom is 0.131 e. The summed E-state index contributed by atoms with van der Waals surface area (Å²) in [5.41, 5.74) is 4.30. The molecular formula is C22H30O2. The van der Waals surface area contributed by atoms with Gasteiger partial charge in [0.15, 0.2) is 0 Å². The Bertz CT molecular complexity index is 675. The number of fused-ring (bicyclic) bond motifs is 1. The molecule has 1 heterocycles. The molecule has 1 aromatic rings. The molecule has 0 aromatic heterocycles.